The first-order valence-electron chi connectivity index (χ1n) is 6.39. The summed E-state index contributed by atoms with van der Waals surface area (Å²) in [5, 5.41) is 0. The molecule has 0 aliphatic rings. The van der Waals surface area contributed by atoms with Crippen molar-refractivity contribution in [2.75, 3.05) is 26.9 Å². The van der Waals surface area contributed by atoms with Crippen LogP contribution in [0, 0.1) is 11.3 Å². The van der Waals surface area contributed by atoms with Gasteiger partial charge in [0.05, 0.1) is 13.2 Å². The third kappa shape index (κ3) is 5.40. The molecule has 0 fully saturated rings. The Bertz CT molecular complexity index is 318. The molecule has 7 heteroatoms. The fourth-order valence-electron chi connectivity index (χ4n) is 1.51. The van der Waals surface area contributed by atoms with Crippen LogP contribution in [0.1, 0.15) is 27.2 Å². The molecule has 0 spiro atoms. The monoisotopic (exact) mass is 296 g/mol. The van der Waals surface area contributed by atoms with E-state index in [1.54, 1.807) is 0 Å². The van der Waals surface area contributed by atoms with Crippen LogP contribution in [0.15, 0.2) is 0 Å². The first kappa shape index (κ1) is 18.8. The van der Waals surface area contributed by atoms with Gasteiger partial charge in [-0.15, -0.1) is 0 Å². The van der Waals surface area contributed by atoms with Crippen LogP contribution in [0.2, 0.25) is 0 Å². The standard InChI is InChI=1S/C13H22F2O5/c1-5-19-10(16)9(13(2,3)12(14)15)11(17)20-8-6-7-18-4/h9,12H,5-8H2,1-4H3. The molecule has 0 aromatic rings. The molecule has 0 radical (unpaired) electrons. The van der Waals surface area contributed by atoms with Gasteiger partial charge in [0.15, 0.2) is 5.92 Å². The summed E-state index contributed by atoms with van der Waals surface area (Å²) < 4.78 is 40.4. The number of methoxy groups -OCH3 is 1. The maximum atomic E-state index is 13.0. The lowest BCUT2D eigenvalue weighted by Crippen LogP contribution is -2.43. The van der Waals surface area contributed by atoms with Crippen molar-refractivity contribution in [2.45, 2.75) is 33.6 Å². The first-order chi connectivity index (χ1) is 9.28. The Balaban J connectivity index is 4.85. The summed E-state index contributed by atoms with van der Waals surface area (Å²) in [5.41, 5.74) is -1.86. The van der Waals surface area contributed by atoms with E-state index in [0.717, 1.165) is 13.8 Å². The number of esters is 2. The largest absolute Gasteiger partial charge is 0.465 e. The average molecular weight is 296 g/mol. The van der Waals surface area contributed by atoms with Crippen molar-refractivity contribution in [3.05, 3.63) is 0 Å². The molecule has 0 N–H and O–H groups in total. The van der Waals surface area contributed by atoms with Crippen molar-refractivity contribution >= 4 is 11.9 Å². The second kappa shape index (κ2) is 8.84. The van der Waals surface area contributed by atoms with Crippen LogP contribution in [-0.2, 0) is 23.8 Å². The fourth-order valence-corrected chi connectivity index (χ4v) is 1.51. The topological polar surface area (TPSA) is 61.8 Å². The summed E-state index contributed by atoms with van der Waals surface area (Å²) in [5.74, 6) is -3.63. The predicted octanol–water partition coefficient (Wildman–Crippen LogP) is 2.04. The molecule has 1 atom stereocenters. The molecule has 0 saturated carbocycles. The molecule has 118 valence electrons. The number of carbonyl (C=O) groups excluding carboxylic acids is 2. The molecular formula is C13H22F2O5. The van der Waals surface area contributed by atoms with E-state index in [1.165, 1.54) is 14.0 Å². The van der Waals surface area contributed by atoms with Gasteiger partial charge in [0.25, 0.3) is 0 Å². The minimum Gasteiger partial charge on any atom is -0.465 e. The lowest BCUT2D eigenvalue weighted by atomic mass is 9.79. The summed E-state index contributed by atoms with van der Waals surface area (Å²) >= 11 is 0. The summed E-state index contributed by atoms with van der Waals surface area (Å²) in [4.78, 5) is 23.6. The summed E-state index contributed by atoms with van der Waals surface area (Å²) in [6.45, 7) is 4.18. The van der Waals surface area contributed by atoms with Crippen LogP contribution in [0.5, 0.6) is 0 Å². The highest BCUT2D eigenvalue weighted by atomic mass is 19.3. The summed E-state index contributed by atoms with van der Waals surface area (Å²) in [6, 6.07) is 0. The van der Waals surface area contributed by atoms with Crippen LogP contribution in [0.4, 0.5) is 8.78 Å². The third-order valence-corrected chi connectivity index (χ3v) is 2.80. The van der Waals surface area contributed by atoms with Crippen LogP contribution >= 0.6 is 0 Å². The number of hydrogen-bond acceptors (Lipinski definition) is 5. The van der Waals surface area contributed by atoms with E-state index in [1.807, 2.05) is 0 Å². The van der Waals surface area contributed by atoms with E-state index in [4.69, 9.17) is 14.2 Å². The Labute approximate surface area is 117 Å². The molecule has 0 heterocycles. The van der Waals surface area contributed by atoms with Crippen molar-refractivity contribution in [1.82, 2.24) is 0 Å². The van der Waals surface area contributed by atoms with Crippen LogP contribution < -0.4 is 0 Å². The molecule has 0 saturated heterocycles. The molecule has 5 nitrogen and oxygen atoms in total. The van der Waals surface area contributed by atoms with Crippen molar-refractivity contribution in [3.63, 3.8) is 0 Å². The van der Waals surface area contributed by atoms with Crippen LogP contribution in [0.25, 0.3) is 0 Å². The smallest absolute Gasteiger partial charge is 0.321 e. The van der Waals surface area contributed by atoms with E-state index in [9.17, 15) is 18.4 Å². The lowest BCUT2D eigenvalue weighted by Gasteiger charge is -2.30. The Hall–Kier alpha value is -1.24. The highest BCUT2D eigenvalue weighted by molar-refractivity contribution is 5.95. The minimum atomic E-state index is -2.86. The number of carbonyl (C=O) groups is 2. The van der Waals surface area contributed by atoms with Gasteiger partial charge < -0.3 is 14.2 Å². The zero-order chi connectivity index (χ0) is 15.8. The van der Waals surface area contributed by atoms with Gasteiger partial charge in [-0.05, 0) is 6.92 Å². The highest BCUT2D eigenvalue weighted by Crippen LogP contribution is 2.35. The predicted molar refractivity (Wildman–Crippen MR) is 67.4 cm³/mol. The van der Waals surface area contributed by atoms with Gasteiger partial charge in [-0.3, -0.25) is 9.59 Å². The zero-order valence-corrected chi connectivity index (χ0v) is 12.3. The molecule has 0 rings (SSSR count). The van der Waals surface area contributed by atoms with Crippen molar-refractivity contribution in [1.29, 1.82) is 0 Å². The second-order valence-electron chi connectivity index (χ2n) is 4.82. The van der Waals surface area contributed by atoms with Gasteiger partial charge in [-0.2, -0.15) is 0 Å². The van der Waals surface area contributed by atoms with E-state index < -0.39 is 29.7 Å². The Kier molecular flexibility index (Phi) is 8.29. The average Bonchev–Trinajstić information content (AvgIpc) is 2.34. The van der Waals surface area contributed by atoms with E-state index >= 15 is 0 Å². The summed E-state index contributed by atoms with van der Waals surface area (Å²) in [7, 11) is 1.49. The molecule has 0 aliphatic carbocycles. The number of ether oxygens (including phenoxy) is 3. The third-order valence-electron chi connectivity index (χ3n) is 2.80. The van der Waals surface area contributed by atoms with Crippen molar-refractivity contribution < 1.29 is 32.6 Å². The Morgan fingerprint density at radius 3 is 2.10 bits per heavy atom. The maximum absolute atomic E-state index is 13.0. The van der Waals surface area contributed by atoms with Crippen molar-refractivity contribution in [2.24, 2.45) is 11.3 Å². The lowest BCUT2D eigenvalue weighted by molar-refractivity contribution is -0.174. The number of rotatable bonds is 9. The summed E-state index contributed by atoms with van der Waals surface area (Å²) in [6.07, 6.45) is -2.43. The molecule has 0 aromatic heterocycles. The normalized spacial score (nSPS) is 13.2. The van der Waals surface area contributed by atoms with Gasteiger partial charge in [0.2, 0.25) is 6.43 Å². The quantitative estimate of drug-likeness (QED) is 0.370. The molecular weight excluding hydrogens is 274 g/mol. The highest BCUT2D eigenvalue weighted by Gasteiger charge is 2.49. The first-order valence-corrected chi connectivity index (χ1v) is 6.39. The SMILES string of the molecule is CCOC(=O)C(C(=O)OCCCOC)C(C)(C)C(F)F. The van der Waals surface area contributed by atoms with Crippen molar-refractivity contribution in [3.8, 4) is 0 Å². The van der Waals surface area contributed by atoms with Crippen LogP contribution in [-0.4, -0.2) is 45.3 Å². The van der Waals surface area contributed by atoms with E-state index in [-0.39, 0.29) is 13.2 Å². The fraction of sp³-hybridized carbons (Fsp3) is 0.846. The van der Waals surface area contributed by atoms with Gasteiger partial charge in [0.1, 0.15) is 0 Å². The molecule has 1 unspecified atom stereocenters. The molecule has 0 aliphatic heterocycles. The van der Waals surface area contributed by atoms with Crippen LogP contribution in [0.3, 0.4) is 0 Å². The minimum absolute atomic E-state index is 0.00188. The number of alkyl halides is 2. The number of halogens is 2. The van der Waals surface area contributed by atoms with E-state index in [2.05, 4.69) is 0 Å². The van der Waals surface area contributed by atoms with Gasteiger partial charge >= 0.3 is 11.9 Å². The Morgan fingerprint density at radius 2 is 1.65 bits per heavy atom. The zero-order valence-electron chi connectivity index (χ0n) is 12.3. The molecule has 0 bridgehead atoms. The van der Waals surface area contributed by atoms with Gasteiger partial charge in [0, 0.05) is 25.6 Å². The molecule has 20 heavy (non-hydrogen) atoms. The molecule has 0 amide bonds. The molecule has 0 aromatic carbocycles. The second-order valence-corrected chi connectivity index (χ2v) is 4.82. The Morgan fingerprint density at radius 1 is 1.10 bits per heavy atom. The number of hydrogen-bond donors (Lipinski definition) is 0. The van der Waals surface area contributed by atoms with Gasteiger partial charge in [-0.1, -0.05) is 13.8 Å². The van der Waals surface area contributed by atoms with E-state index in [0.29, 0.717) is 13.0 Å². The maximum Gasteiger partial charge on any atom is 0.321 e. The van der Waals surface area contributed by atoms with Gasteiger partial charge in [-0.25, -0.2) is 8.78 Å².